The number of benzene rings is 1. The fraction of sp³-hybridized carbons (Fsp3) is 0.200. The van der Waals surface area contributed by atoms with Gasteiger partial charge in [0, 0.05) is 30.1 Å². The van der Waals surface area contributed by atoms with Gasteiger partial charge in [0.1, 0.15) is 17.2 Å². The molecule has 1 aromatic carbocycles. The van der Waals surface area contributed by atoms with Crippen LogP contribution in [0.15, 0.2) is 47.2 Å². The molecule has 3 aromatic rings. The lowest BCUT2D eigenvalue weighted by molar-refractivity contribution is 0.611. The zero-order valence-corrected chi connectivity index (χ0v) is 11.0. The maximum absolute atomic E-state index is 5.51. The van der Waals surface area contributed by atoms with E-state index in [0.717, 1.165) is 28.2 Å². The molecule has 0 atom stereocenters. The SMILES string of the molecule is NCCc1nccc(NCc2coc3ccccc23)n1. The summed E-state index contributed by atoms with van der Waals surface area (Å²) in [7, 11) is 0. The average Bonchev–Trinajstić information content (AvgIpc) is 2.89. The normalized spacial score (nSPS) is 10.8. The Morgan fingerprint density at radius 2 is 2.10 bits per heavy atom. The van der Waals surface area contributed by atoms with Gasteiger partial charge >= 0.3 is 0 Å². The highest BCUT2D eigenvalue weighted by Crippen LogP contribution is 2.21. The Kier molecular flexibility index (Phi) is 3.60. The molecule has 0 amide bonds. The van der Waals surface area contributed by atoms with Crippen molar-refractivity contribution in [2.45, 2.75) is 13.0 Å². The van der Waals surface area contributed by atoms with Crippen molar-refractivity contribution in [1.29, 1.82) is 0 Å². The number of rotatable bonds is 5. The third-order valence-corrected chi connectivity index (χ3v) is 3.09. The fourth-order valence-corrected chi connectivity index (χ4v) is 2.10. The second-order valence-electron chi connectivity index (χ2n) is 4.51. The van der Waals surface area contributed by atoms with Gasteiger partial charge in [0.15, 0.2) is 0 Å². The van der Waals surface area contributed by atoms with Gasteiger partial charge < -0.3 is 15.5 Å². The van der Waals surface area contributed by atoms with Crippen molar-refractivity contribution in [2.75, 3.05) is 11.9 Å². The quantitative estimate of drug-likeness (QED) is 0.742. The molecule has 0 fully saturated rings. The van der Waals surface area contributed by atoms with Crippen molar-refractivity contribution in [3.63, 3.8) is 0 Å². The molecule has 20 heavy (non-hydrogen) atoms. The van der Waals surface area contributed by atoms with Crippen LogP contribution in [0, 0.1) is 0 Å². The summed E-state index contributed by atoms with van der Waals surface area (Å²) in [5.41, 5.74) is 7.52. The van der Waals surface area contributed by atoms with E-state index < -0.39 is 0 Å². The van der Waals surface area contributed by atoms with Crippen LogP contribution in [-0.2, 0) is 13.0 Å². The minimum Gasteiger partial charge on any atom is -0.464 e. The summed E-state index contributed by atoms with van der Waals surface area (Å²) in [5, 5.41) is 4.41. The smallest absolute Gasteiger partial charge is 0.134 e. The molecule has 0 saturated heterocycles. The van der Waals surface area contributed by atoms with Crippen LogP contribution in [-0.4, -0.2) is 16.5 Å². The Labute approximate surface area is 116 Å². The number of hydrogen-bond acceptors (Lipinski definition) is 5. The molecule has 0 aliphatic carbocycles. The molecule has 0 radical (unpaired) electrons. The van der Waals surface area contributed by atoms with E-state index in [0.29, 0.717) is 19.5 Å². The second-order valence-corrected chi connectivity index (χ2v) is 4.51. The molecule has 2 heterocycles. The van der Waals surface area contributed by atoms with Crippen LogP contribution in [0.25, 0.3) is 11.0 Å². The molecule has 5 heteroatoms. The molecule has 0 unspecified atom stereocenters. The van der Waals surface area contributed by atoms with E-state index in [1.165, 1.54) is 0 Å². The molecule has 0 bridgehead atoms. The van der Waals surface area contributed by atoms with Gasteiger partial charge in [0.25, 0.3) is 0 Å². The van der Waals surface area contributed by atoms with Gasteiger partial charge in [-0.25, -0.2) is 9.97 Å². The van der Waals surface area contributed by atoms with Gasteiger partial charge in [0.2, 0.25) is 0 Å². The fourth-order valence-electron chi connectivity index (χ4n) is 2.10. The van der Waals surface area contributed by atoms with Crippen molar-refractivity contribution in [1.82, 2.24) is 9.97 Å². The van der Waals surface area contributed by atoms with Gasteiger partial charge in [-0.2, -0.15) is 0 Å². The molecule has 0 spiro atoms. The van der Waals surface area contributed by atoms with E-state index in [2.05, 4.69) is 21.4 Å². The van der Waals surface area contributed by atoms with Crippen molar-refractivity contribution < 1.29 is 4.42 Å². The predicted octanol–water partition coefficient (Wildman–Crippen LogP) is 2.34. The van der Waals surface area contributed by atoms with E-state index in [1.54, 1.807) is 12.5 Å². The van der Waals surface area contributed by atoms with Gasteiger partial charge in [-0.3, -0.25) is 0 Å². The topological polar surface area (TPSA) is 77.0 Å². The highest BCUT2D eigenvalue weighted by molar-refractivity contribution is 5.81. The first kappa shape index (κ1) is 12.6. The number of nitrogens with one attached hydrogen (secondary N) is 1. The molecule has 3 N–H and O–H groups in total. The van der Waals surface area contributed by atoms with Crippen LogP contribution in [0.2, 0.25) is 0 Å². The number of nitrogens with two attached hydrogens (primary N) is 1. The Morgan fingerprint density at radius 3 is 3.00 bits per heavy atom. The molecule has 0 aliphatic heterocycles. The summed E-state index contributed by atoms with van der Waals surface area (Å²) in [5.74, 6) is 1.56. The predicted molar refractivity (Wildman–Crippen MR) is 78.3 cm³/mol. The largest absolute Gasteiger partial charge is 0.464 e. The van der Waals surface area contributed by atoms with Crippen LogP contribution in [0.4, 0.5) is 5.82 Å². The summed E-state index contributed by atoms with van der Waals surface area (Å²) in [4.78, 5) is 8.58. The first-order valence-electron chi connectivity index (χ1n) is 6.58. The van der Waals surface area contributed by atoms with Crippen molar-refractivity contribution in [3.05, 3.63) is 54.2 Å². The highest BCUT2D eigenvalue weighted by Gasteiger charge is 2.05. The summed E-state index contributed by atoms with van der Waals surface area (Å²) in [6.45, 7) is 1.21. The highest BCUT2D eigenvalue weighted by atomic mass is 16.3. The molecular formula is C15H16N4O. The molecular weight excluding hydrogens is 252 g/mol. The second kappa shape index (κ2) is 5.71. The standard InChI is InChI=1S/C15H16N4O/c16-7-5-14-17-8-6-15(19-14)18-9-11-10-20-13-4-2-1-3-12(11)13/h1-4,6,8,10H,5,7,9,16H2,(H,17,18,19). The van der Waals surface area contributed by atoms with E-state index >= 15 is 0 Å². The number of hydrogen-bond donors (Lipinski definition) is 2. The van der Waals surface area contributed by atoms with Crippen LogP contribution in [0.1, 0.15) is 11.4 Å². The van der Waals surface area contributed by atoms with Gasteiger partial charge in [-0.1, -0.05) is 18.2 Å². The number of nitrogens with zero attached hydrogens (tertiary/aromatic N) is 2. The third kappa shape index (κ3) is 2.62. The minimum atomic E-state index is 0.551. The number of fused-ring (bicyclic) bond motifs is 1. The van der Waals surface area contributed by atoms with Crippen LogP contribution in [0.5, 0.6) is 0 Å². The number of anilines is 1. The van der Waals surface area contributed by atoms with Gasteiger partial charge in [-0.05, 0) is 18.7 Å². The lowest BCUT2D eigenvalue weighted by Gasteiger charge is -2.05. The molecule has 3 rings (SSSR count). The minimum absolute atomic E-state index is 0.551. The van der Waals surface area contributed by atoms with Crippen molar-refractivity contribution in [2.24, 2.45) is 5.73 Å². The van der Waals surface area contributed by atoms with E-state index in [9.17, 15) is 0 Å². The third-order valence-electron chi connectivity index (χ3n) is 3.09. The van der Waals surface area contributed by atoms with Crippen LogP contribution < -0.4 is 11.1 Å². The summed E-state index contributed by atoms with van der Waals surface area (Å²) in [6.07, 6.45) is 4.21. The van der Waals surface area contributed by atoms with Gasteiger partial charge in [0.05, 0.1) is 6.26 Å². The monoisotopic (exact) mass is 268 g/mol. The Hall–Kier alpha value is -2.40. The number of furan rings is 1. The molecule has 0 aliphatic rings. The molecule has 2 aromatic heterocycles. The van der Waals surface area contributed by atoms with Gasteiger partial charge in [-0.15, -0.1) is 0 Å². The lowest BCUT2D eigenvalue weighted by Crippen LogP contribution is -2.08. The first-order valence-corrected chi connectivity index (χ1v) is 6.58. The maximum Gasteiger partial charge on any atom is 0.134 e. The lowest BCUT2D eigenvalue weighted by atomic mass is 10.2. The Morgan fingerprint density at radius 1 is 1.20 bits per heavy atom. The Bertz CT molecular complexity index is 708. The van der Waals surface area contributed by atoms with Crippen LogP contribution >= 0.6 is 0 Å². The van der Waals surface area contributed by atoms with E-state index in [1.807, 2.05) is 24.3 Å². The summed E-state index contributed by atoms with van der Waals surface area (Å²) < 4.78 is 5.51. The zero-order chi connectivity index (χ0) is 13.8. The van der Waals surface area contributed by atoms with Crippen molar-refractivity contribution in [3.8, 4) is 0 Å². The average molecular weight is 268 g/mol. The van der Waals surface area contributed by atoms with Crippen LogP contribution in [0.3, 0.4) is 0 Å². The van der Waals surface area contributed by atoms with E-state index in [-0.39, 0.29) is 0 Å². The Balaban J connectivity index is 1.74. The molecule has 5 nitrogen and oxygen atoms in total. The zero-order valence-electron chi connectivity index (χ0n) is 11.0. The summed E-state index contributed by atoms with van der Waals surface area (Å²) in [6, 6.07) is 9.83. The van der Waals surface area contributed by atoms with Crippen molar-refractivity contribution >= 4 is 16.8 Å². The molecule has 102 valence electrons. The number of para-hydroxylation sites is 1. The molecule has 0 saturated carbocycles. The summed E-state index contributed by atoms with van der Waals surface area (Å²) >= 11 is 0. The van der Waals surface area contributed by atoms with E-state index in [4.69, 9.17) is 10.2 Å². The maximum atomic E-state index is 5.51. The number of aromatic nitrogens is 2. The first-order chi connectivity index (χ1) is 9.86.